The molecule has 4 aliphatic carbocycles. The van der Waals surface area contributed by atoms with Crippen molar-refractivity contribution in [1.29, 1.82) is 0 Å². The molecule has 146 heavy (non-hydrogen) atoms. The van der Waals surface area contributed by atoms with Gasteiger partial charge in [0.15, 0.2) is 0 Å². The molecule has 32 rings (SSSR count). The average Bonchev–Trinajstić information content (AvgIpc) is 1.52. The number of hydrogen-bond acceptors (Lipinski definition) is 4. The second-order valence-corrected chi connectivity index (χ2v) is 40.6. The summed E-state index contributed by atoms with van der Waals surface area (Å²) in [5.41, 5.74) is 42.9. The van der Waals surface area contributed by atoms with Crippen molar-refractivity contribution in [2.45, 2.75) is 35.5 Å². The number of fused-ring (bicyclic) bond motifs is 32. The molecule has 0 bridgehead atoms. The summed E-state index contributed by atoms with van der Waals surface area (Å²) in [6.07, 6.45) is 0. The summed E-state index contributed by atoms with van der Waals surface area (Å²) in [5, 5.41) is 18.7. The molecule has 680 valence electrons. The number of hydrogen-bond donors (Lipinski definition) is 0. The van der Waals surface area contributed by atoms with E-state index in [2.05, 4.69) is 511 Å². The monoisotopic (exact) mass is 1860 g/mol. The summed E-state index contributed by atoms with van der Waals surface area (Å²) in [5.74, 6) is 0. The third kappa shape index (κ3) is 11.2. The molecule has 0 N–H and O–H groups in total. The van der Waals surface area contributed by atoms with Crippen LogP contribution in [0.2, 0.25) is 0 Å². The van der Waals surface area contributed by atoms with Gasteiger partial charge in [0.2, 0.25) is 0 Å². The number of rotatable bonds is 10. The third-order valence-corrected chi connectivity index (χ3v) is 33.4. The first-order chi connectivity index (χ1) is 72.2. The largest absolute Gasteiger partial charge is 0.456 e. The second kappa shape index (κ2) is 31.0. The molecule has 24 aromatic carbocycles. The predicted molar refractivity (Wildman–Crippen MR) is 603 cm³/mol. The van der Waals surface area contributed by atoms with Crippen molar-refractivity contribution in [2.24, 2.45) is 0 Å². The molecule has 0 radical (unpaired) electrons. The predicted octanol–water partition coefficient (Wildman–Crippen LogP) is 37.6. The van der Waals surface area contributed by atoms with Crippen LogP contribution in [0.15, 0.2) is 515 Å². The molecule has 0 spiro atoms. The Kier molecular flexibility index (Phi) is 17.5. The number of furan rings is 4. The molecule has 0 amide bonds. The van der Waals surface area contributed by atoms with Crippen molar-refractivity contribution in [3.63, 3.8) is 0 Å². The highest BCUT2D eigenvalue weighted by Crippen LogP contribution is 2.65. The van der Waals surface area contributed by atoms with E-state index in [4.69, 9.17) is 17.7 Å². The van der Waals surface area contributed by atoms with Gasteiger partial charge < -0.3 is 17.7 Å². The summed E-state index contributed by atoms with van der Waals surface area (Å²) in [7, 11) is 0. The van der Waals surface area contributed by atoms with E-state index in [0.29, 0.717) is 0 Å². The molecule has 28 aromatic rings. The Morgan fingerprint density at radius 3 is 0.644 bits per heavy atom. The van der Waals surface area contributed by atoms with Crippen molar-refractivity contribution < 1.29 is 17.7 Å². The molecule has 0 unspecified atom stereocenters. The molecular formula is C142H88O4. The summed E-state index contributed by atoms with van der Waals surface area (Å²) < 4.78 is 27.6. The summed E-state index contributed by atoms with van der Waals surface area (Å²) in [4.78, 5) is 0. The molecule has 4 aromatic heterocycles. The van der Waals surface area contributed by atoms with Crippen LogP contribution >= 0.6 is 0 Å². The van der Waals surface area contributed by atoms with Gasteiger partial charge in [-0.1, -0.05) is 438 Å². The second-order valence-electron chi connectivity index (χ2n) is 40.6. The first-order valence-electron chi connectivity index (χ1n) is 50.8. The first kappa shape index (κ1) is 82.3. The van der Waals surface area contributed by atoms with Crippen molar-refractivity contribution in [2.75, 3.05) is 0 Å². The Morgan fingerprint density at radius 2 is 0.349 bits per heavy atom. The molecule has 0 fully saturated rings. The minimum absolute atomic E-state index is 0.100. The van der Waals surface area contributed by atoms with Gasteiger partial charge in [-0.25, -0.2) is 0 Å². The van der Waals surface area contributed by atoms with Crippen molar-refractivity contribution >= 4 is 131 Å². The molecule has 0 saturated carbocycles. The summed E-state index contributed by atoms with van der Waals surface area (Å²) in [6.45, 7) is 4.69. The van der Waals surface area contributed by atoms with Crippen LogP contribution in [-0.4, -0.2) is 0 Å². The smallest absolute Gasteiger partial charge is 0.136 e. The van der Waals surface area contributed by atoms with Crippen LogP contribution in [0.4, 0.5) is 0 Å². The topological polar surface area (TPSA) is 52.6 Å². The molecule has 0 saturated heterocycles. The van der Waals surface area contributed by atoms with E-state index in [1.54, 1.807) is 0 Å². The lowest BCUT2D eigenvalue weighted by molar-refractivity contribution is 0.656. The minimum Gasteiger partial charge on any atom is -0.456 e. The maximum absolute atomic E-state index is 7.01. The van der Waals surface area contributed by atoms with Gasteiger partial charge in [-0.05, 0) is 283 Å². The fourth-order valence-electron chi connectivity index (χ4n) is 27.6. The lowest BCUT2D eigenvalue weighted by Gasteiger charge is -2.33. The molecule has 0 atom stereocenters. The van der Waals surface area contributed by atoms with E-state index in [-0.39, 0.29) is 5.41 Å². The zero-order valence-electron chi connectivity index (χ0n) is 80.0. The first-order valence-corrected chi connectivity index (χ1v) is 50.8. The van der Waals surface area contributed by atoms with Crippen LogP contribution in [0.3, 0.4) is 0 Å². The third-order valence-electron chi connectivity index (χ3n) is 33.4. The zero-order chi connectivity index (χ0) is 96.0. The van der Waals surface area contributed by atoms with Gasteiger partial charge in [0, 0.05) is 48.5 Å². The molecule has 4 heterocycles. The van der Waals surface area contributed by atoms with E-state index in [1.165, 1.54) is 199 Å². The van der Waals surface area contributed by atoms with E-state index in [1.807, 2.05) is 0 Å². The van der Waals surface area contributed by atoms with E-state index >= 15 is 0 Å². The highest BCUT2D eigenvalue weighted by molar-refractivity contribution is 6.28. The van der Waals surface area contributed by atoms with Crippen molar-refractivity contribution in [3.8, 4) is 89.0 Å². The maximum atomic E-state index is 7.01. The molecular weight excluding hydrogens is 1770 g/mol. The quantitative estimate of drug-likeness (QED) is 0.128. The summed E-state index contributed by atoms with van der Waals surface area (Å²) >= 11 is 0. The molecule has 4 nitrogen and oxygen atoms in total. The molecule has 4 aliphatic rings. The van der Waals surface area contributed by atoms with Crippen molar-refractivity contribution in [1.82, 2.24) is 0 Å². The Balaban J connectivity index is 0.000000134. The van der Waals surface area contributed by atoms with Crippen LogP contribution in [0.25, 0.3) is 220 Å². The Bertz CT molecular complexity index is 9860. The van der Waals surface area contributed by atoms with E-state index in [9.17, 15) is 0 Å². The van der Waals surface area contributed by atoms with Gasteiger partial charge in [-0.3, -0.25) is 0 Å². The number of benzene rings is 24. The van der Waals surface area contributed by atoms with Gasteiger partial charge in [0.05, 0.1) is 16.2 Å². The van der Waals surface area contributed by atoms with Gasteiger partial charge in [0.1, 0.15) is 44.7 Å². The lowest BCUT2D eigenvalue weighted by atomic mass is 9.67. The van der Waals surface area contributed by atoms with Crippen LogP contribution in [0.5, 0.6) is 0 Å². The van der Waals surface area contributed by atoms with Crippen LogP contribution in [0.1, 0.15) is 91.7 Å². The highest BCUT2D eigenvalue weighted by atomic mass is 16.3. The Hall–Kier alpha value is -18.5. The summed E-state index contributed by atoms with van der Waals surface area (Å²) in [6, 6.07) is 183. The average molecular weight is 1860 g/mol. The minimum atomic E-state index is -0.495. The van der Waals surface area contributed by atoms with E-state index in [0.717, 1.165) is 99.1 Å². The molecule has 0 aliphatic heterocycles. The van der Waals surface area contributed by atoms with Crippen molar-refractivity contribution in [3.05, 3.63) is 575 Å². The van der Waals surface area contributed by atoms with Crippen LogP contribution < -0.4 is 0 Å². The normalized spacial score (nSPS) is 14.0. The van der Waals surface area contributed by atoms with Gasteiger partial charge in [0.25, 0.3) is 0 Å². The van der Waals surface area contributed by atoms with Gasteiger partial charge in [-0.2, -0.15) is 0 Å². The SMILES string of the molecule is CC1(C)c2ccccc2-c2c1ccc1oc3ccc(-c4c5ccccc5c(-c5ccc6c(c5)oc5ccc7c(c56)-c5ccccc5C7(c5ccccc5)c5ccccc5)c5ccccc45)cc3c21.c1ccc(C2(c3ccccc3)c3ccccc3-c3c2ccc2oc4cc(-c5c6ccccc6c(-c6ccc7c(c6)oc6ccc8c(c67)-c6ccccc6C8(c6ccccc6)c6ccccc6)c6ccccc56)ccc4c32)cc1. The van der Waals surface area contributed by atoms with Crippen LogP contribution in [0, 0.1) is 0 Å². The fourth-order valence-corrected chi connectivity index (χ4v) is 27.6. The lowest BCUT2D eigenvalue weighted by Crippen LogP contribution is -2.28. The Labute approximate surface area is 842 Å². The van der Waals surface area contributed by atoms with Gasteiger partial charge in [-0.15, -0.1) is 0 Å². The maximum Gasteiger partial charge on any atom is 0.136 e. The zero-order valence-corrected chi connectivity index (χ0v) is 80.0. The molecule has 4 heteroatoms. The Morgan fingerprint density at radius 1 is 0.137 bits per heavy atom. The van der Waals surface area contributed by atoms with E-state index < -0.39 is 16.2 Å². The fraction of sp³-hybridized carbons (Fsp3) is 0.0423. The van der Waals surface area contributed by atoms with Crippen LogP contribution in [-0.2, 0) is 21.7 Å². The standard InChI is InChI=1S/C76H46O2.C66H42O2/c1-5-21-49(22-6-1)75(50-23-7-2-8-24-50)61-35-19-17-33-57(61)71-63(75)41-43-65-73(71)59-39-37-47(45-67(59)77-65)69-53-29-13-15-31-55(53)70(56-32-16-14-30-54(56)69)48-38-40-60-68(46-48)78-66-44-42-64-72(74(60)66)58-34-18-20-36-62(58)76(64,51-25-9-3-10-26-51)52-27-11-4-12-28-52;1-65(2)51-27-15-13-25-47(51)61-53(65)32-35-57-64(61)50-37-39(30-34-55(50)67-57)59-43-21-9-11-23-45(43)60(46-24-12-10-22-44(46)59)40-29-31-49-58(38-40)68-56-36-33-54-62(63(49)56)48-26-14-16-28-52(48)66(54,41-17-5-3-6-18-41)42-19-7-4-8-20-42/h1-46H;3-38H,1-2H3. The van der Waals surface area contributed by atoms with Gasteiger partial charge >= 0.3 is 0 Å². The highest BCUT2D eigenvalue weighted by Gasteiger charge is 2.51.